The maximum absolute atomic E-state index is 11.9. The molecule has 2 heterocycles. The van der Waals surface area contributed by atoms with E-state index in [-0.39, 0.29) is 6.54 Å². The number of aliphatic carboxylic acids is 1. The summed E-state index contributed by atoms with van der Waals surface area (Å²) in [4.78, 5) is 11.3. The van der Waals surface area contributed by atoms with Gasteiger partial charge in [0.05, 0.1) is 0 Å². The summed E-state index contributed by atoms with van der Waals surface area (Å²) >= 11 is 1.42. The van der Waals surface area contributed by atoms with Crippen LogP contribution in [0.5, 0.6) is 0 Å². The van der Waals surface area contributed by atoms with Crippen LogP contribution in [0.2, 0.25) is 0 Å². The van der Waals surface area contributed by atoms with Crippen LogP contribution in [0, 0.1) is 0 Å². The lowest BCUT2D eigenvalue weighted by atomic mass is 10.2. The molecule has 0 unspecified atom stereocenters. The molecule has 0 aliphatic carbocycles. The normalized spacial score (nSPS) is 20.3. The minimum atomic E-state index is -3.36. The van der Waals surface area contributed by atoms with E-state index in [9.17, 15) is 13.2 Å². The lowest BCUT2D eigenvalue weighted by Gasteiger charge is -2.15. The molecule has 19 heavy (non-hydrogen) atoms. The summed E-state index contributed by atoms with van der Waals surface area (Å²) in [6.07, 6.45) is 2.54. The van der Waals surface area contributed by atoms with Gasteiger partial charge in [-0.1, -0.05) is 0 Å². The highest BCUT2D eigenvalue weighted by molar-refractivity contribution is 7.86. The highest BCUT2D eigenvalue weighted by Gasteiger charge is 2.33. The van der Waals surface area contributed by atoms with Gasteiger partial charge in [0.1, 0.15) is 0 Å². The van der Waals surface area contributed by atoms with Gasteiger partial charge in [-0.15, -0.1) is 11.3 Å². The fraction of sp³-hybridized carbons (Fsp3) is 0.364. The van der Waals surface area contributed by atoms with Crippen LogP contribution in [0.1, 0.15) is 10.4 Å². The molecule has 0 amide bonds. The first-order chi connectivity index (χ1) is 8.91. The van der Waals surface area contributed by atoms with Gasteiger partial charge in [-0.3, -0.25) is 0 Å². The van der Waals surface area contributed by atoms with Crippen molar-refractivity contribution in [2.24, 2.45) is 0 Å². The Morgan fingerprint density at radius 2 is 2.26 bits per heavy atom. The van der Waals surface area contributed by atoms with E-state index < -0.39 is 16.2 Å². The molecule has 1 aromatic heterocycles. The summed E-state index contributed by atoms with van der Waals surface area (Å²) in [6, 6.07) is 1.78. The second kappa shape index (κ2) is 5.41. The molecule has 1 saturated heterocycles. The molecule has 0 radical (unpaired) electrons. The number of hydrogen-bond acceptors (Lipinski definition) is 4. The Bertz CT molecular complexity index is 606. The Balaban J connectivity index is 2.17. The van der Waals surface area contributed by atoms with Gasteiger partial charge in [0, 0.05) is 37.6 Å². The Kier molecular flexibility index (Phi) is 4.04. The Morgan fingerprint density at radius 1 is 1.53 bits per heavy atom. The first-order valence-electron chi connectivity index (χ1n) is 5.60. The summed E-state index contributed by atoms with van der Waals surface area (Å²) < 4.78 is 26.6. The number of nitrogens with zero attached hydrogens (tertiary/aromatic N) is 2. The van der Waals surface area contributed by atoms with Crippen molar-refractivity contribution in [3.8, 4) is 0 Å². The quantitative estimate of drug-likeness (QED) is 0.836. The van der Waals surface area contributed by atoms with Crippen molar-refractivity contribution in [1.82, 2.24) is 8.61 Å². The highest BCUT2D eigenvalue weighted by Crippen LogP contribution is 2.24. The number of rotatable bonds is 4. The Labute approximate surface area is 115 Å². The zero-order valence-electron chi connectivity index (χ0n) is 10.3. The van der Waals surface area contributed by atoms with Crippen LogP contribution in [0.25, 0.3) is 6.08 Å². The zero-order chi connectivity index (χ0) is 14.0. The number of likely N-dealkylation sites (N-methyl/N-ethyl adjacent to an activating group) is 1. The topological polar surface area (TPSA) is 77.9 Å². The molecular weight excluding hydrogens is 288 g/mol. The molecule has 1 aliphatic rings. The summed E-state index contributed by atoms with van der Waals surface area (Å²) in [6.45, 7) is 1.22. The van der Waals surface area contributed by atoms with E-state index in [4.69, 9.17) is 5.11 Å². The van der Waals surface area contributed by atoms with Gasteiger partial charge in [0.25, 0.3) is 10.2 Å². The molecule has 1 N–H and O–H groups in total. The minimum absolute atomic E-state index is 0.281. The Morgan fingerprint density at radius 3 is 2.84 bits per heavy atom. The second-order valence-corrected chi connectivity index (χ2v) is 7.17. The van der Waals surface area contributed by atoms with Crippen LogP contribution in [-0.2, 0) is 21.5 Å². The molecule has 104 valence electrons. The third-order valence-electron chi connectivity index (χ3n) is 2.89. The van der Waals surface area contributed by atoms with Crippen molar-refractivity contribution in [3.05, 3.63) is 28.0 Å². The van der Waals surface area contributed by atoms with Crippen LogP contribution in [0.3, 0.4) is 0 Å². The number of hydrogen-bond donors (Lipinski definition) is 1. The average molecular weight is 302 g/mol. The third-order valence-corrected chi connectivity index (χ3v) is 5.75. The zero-order valence-corrected chi connectivity index (χ0v) is 11.9. The fourth-order valence-electron chi connectivity index (χ4n) is 1.79. The molecule has 6 nitrogen and oxygen atoms in total. The summed E-state index contributed by atoms with van der Waals surface area (Å²) in [5.74, 6) is -1.02. The SMILES string of the molecule is CN1CCN(Cc2sccc2/C=C/C(=O)O)S1(=O)=O. The molecule has 8 heteroatoms. The van der Waals surface area contributed by atoms with Gasteiger partial charge < -0.3 is 5.11 Å². The van der Waals surface area contributed by atoms with Crippen molar-refractivity contribution in [3.63, 3.8) is 0 Å². The van der Waals surface area contributed by atoms with Crippen molar-refractivity contribution in [2.75, 3.05) is 20.1 Å². The molecule has 1 aliphatic heterocycles. The number of carboxylic acids is 1. The maximum atomic E-state index is 11.9. The molecule has 1 fully saturated rings. The molecular formula is C11H14N2O4S2. The predicted molar refractivity (Wildman–Crippen MR) is 72.9 cm³/mol. The summed E-state index contributed by atoms with van der Waals surface area (Å²) in [5.41, 5.74) is 0.747. The van der Waals surface area contributed by atoms with Gasteiger partial charge in [-0.25, -0.2) is 4.79 Å². The molecule has 0 atom stereocenters. The first-order valence-corrected chi connectivity index (χ1v) is 7.87. The van der Waals surface area contributed by atoms with E-state index in [1.54, 1.807) is 13.1 Å². The molecule has 0 spiro atoms. The van der Waals surface area contributed by atoms with E-state index in [1.165, 1.54) is 26.0 Å². The van der Waals surface area contributed by atoms with E-state index in [0.29, 0.717) is 13.1 Å². The van der Waals surface area contributed by atoms with Gasteiger partial charge in [-0.05, 0) is 23.1 Å². The van der Waals surface area contributed by atoms with Crippen LogP contribution in [0.15, 0.2) is 17.5 Å². The second-order valence-electron chi connectivity index (χ2n) is 4.13. The van der Waals surface area contributed by atoms with Gasteiger partial charge >= 0.3 is 5.97 Å². The largest absolute Gasteiger partial charge is 0.478 e. The van der Waals surface area contributed by atoms with Gasteiger partial charge in [0.2, 0.25) is 0 Å². The average Bonchev–Trinajstić information content (AvgIpc) is 2.87. The van der Waals surface area contributed by atoms with E-state index >= 15 is 0 Å². The molecule has 0 saturated carbocycles. The number of carbonyl (C=O) groups is 1. The standard InChI is InChI=1S/C11H14N2O4S2/c1-12-5-6-13(19(12,16)17)8-10-9(4-7-18-10)2-3-11(14)15/h2-4,7H,5-6,8H2,1H3,(H,14,15)/b3-2+. The van der Waals surface area contributed by atoms with Gasteiger partial charge in [-0.2, -0.15) is 17.0 Å². The Hall–Kier alpha value is -1.22. The lowest BCUT2D eigenvalue weighted by molar-refractivity contribution is -0.131. The fourth-order valence-corrected chi connectivity index (χ4v) is 4.06. The van der Waals surface area contributed by atoms with Crippen molar-refractivity contribution in [2.45, 2.75) is 6.54 Å². The lowest BCUT2D eigenvalue weighted by Crippen LogP contribution is -2.30. The van der Waals surface area contributed by atoms with Gasteiger partial charge in [0.15, 0.2) is 0 Å². The summed E-state index contributed by atoms with van der Waals surface area (Å²) in [7, 11) is -1.81. The van der Waals surface area contributed by atoms with E-state index in [2.05, 4.69) is 0 Å². The number of thiophene rings is 1. The van der Waals surface area contributed by atoms with Crippen molar-refractivity contribution >= 4 is 33.6 Å². The smallest absolute Gasteiger partial charge is 0.328 e. The van der Waals surface area contributed by atoms with E-state index in [1.807, 2.05) is 5.38 Å². The summed E-state index contributed by atoms with van der Waals surface area (Å²) in [5, 5.41) is 10.4. The highest BCUT2D eigenvalue weighted by atomic mass is 32.2. The van der Waals surface area contributed by atoms with Crippen LogP contribution >= 0.6 is 11.3 Å². The third kappa shape index (κ3) is 3.03. The predicted octanol–water partition coefficient (Wildman–Crippen LogP) is 0.838. The van der Waals surface area contributed by atoms with Crippen molar-refractivity contribution < 1.29 is 18.3 Å². The van der Waals surface area contributed by atoms with Crippen LogP contribution in [0.4, 0.5) is 0 Å². The monoisotopic (exact) mass is 302 g/mol. The molecule has 1 aromatic rings. The molecule has 0 aromatic carbocycles. The first kappa shape index (κ1) is 14.2. The minimum Gasteiger partial charge on any atom is -0.478 e. The molecule has 0 bridgehead atoms. The maximum Gasteiger partial charge on any atom is 0.328 e. The van der Waals surface area contributed by atoms with E-state index in [0.717, 1.165) is 16.5 Å². The molecule has 2 rings (SSSR count). The number of carboxylic acid groups (broad SMARTS) is 1. The van der Waals surface area contributed by atoms with Crippen molar-refractivity contribution in [1.29, 1.82) is 0 Å². The van der Waals surface area contributed by atoms with Crippen LogP contribution < -0.4 is 0 Å². The van der Waals surface area contributed by atoms with Crippen LogP contribution in [-0.4, -0.2) is 48.2 Å².